The molecule has 0 amide bonds. The number of unbranched alkanes of at least 4 members (excludes halogenated alkanes) is 28. The van der Waals surface area contributed by atoms with Gasteiger partial charge in [0.1, 0.15) is 13.2 Å². The Kier molecular flexibility index (Phi) is 52.8. The van der Waals surface area contributed by atoms with Gasteiger partial charge in [0.2, 0.25) is 0 Å². The predicted molar refractivity (Wildman–Crippen MR) is 288 cm³/mol. The lowest BCUT2D eigenvalue weighted by Gasteiger charge is -2.18. The highest BCUT2D eigenvalue weighted by atomic mass is 16.6. The van der Waals surface area contributed by atoms with E-state index >= 15 is 0 Å². The van der Waals surface area contributed by atoms with E-state index in [1.807, 2.05) is 0 Å². The van der Waals surface area contributed by atoms with Crippen LogP contribution in [-0.2, 0) is 28.6 Å². The Bertz CT molecular complexity index is 1260. The third kappa shape index (κ3) is 53.7. The van der Waals surface area contributed by atoms with Gasteiger partial charge in [-0.2, -0.15) is 0 Å². The number of carbonyl (C=O) groups is 3. The van der Waals surface area contributed by atoms with Gasteiger partial charge in [-0.3, -0.25) is 14.4 Å². The SMILES string of the molecule is CC/C=C\C/C=C\C/C=C\C/C=C\CCCCC(=O)OC[C@H](COC(=O)CCCCCCC/C=C\C/C=C\CCCCC)OC(=O)CCCCCCCCCCCCCCCCCCCCC. The number of allylic oxidation sites excluding steroid dienone is 12. The van der Waals surface area contributed by atoms with Gasteiger partial charge < -0.3 is 14.2 Å². The summed E-state index contributed by atoms with van der Waals surface area (Å²) >= 11 is 0. The maximum absolute atomic E-state index is 12.9. The van der Waals surface area contributed by atoms with E-state index in [1.165, 1.54) is 128 Å². The third-order valence-electron chi connectivity index (χ3n) is 12.2. The Morgan fingerprint density at radius 2 is 0.582 bits per heavy atom. The van der Waals surface area contributed by atoms with E-state index in [0.717, 1.165) is 109 Å². The summed E-state index contributed by atoms with van der Waals surface area (Å²) in [5, 5.41) is 0. The van der Waals surface area contributed by atoms with E-state index < -0.39 is 6.10 Å². The van der Waals surface area contributed by atoms with Crippen molar-refractivity contribution < 1.29 is 28.6 Å². The minimum atomic E-state index is -0.797. The average molecular weight is 936 g/mol. The quantitative estimate of drug-likeness (QED) is 0.0262. The molecule has 0 aliphatic rings. The zero-order valence-corrected chi connectivity index (χ0v) is 44.2. The van der Waals surface area contributed by atoms with Crippen molar-refractivity contribution in [1.82, 2.24) is 0 Å². The van der Waals surface area contributed by atoms with Gasteiger partial charge in [0.25, 0.3) is 0 Å². The number of esters is 3. The van der Waals surface area contributed by atoms with Crippen LogP contribution < -0.4 is 0 Å². The molecule has 67 heavy (non-hydrogen) atoms. The lowest BCUT2D eigenvalue weighted by molar-refractivity contribution is -0.167. The Morgan fingerprint density at radius 1 is 0.313 bits per heavy atom. The molecule has 0 aromatic carbocycles. The molecule has 0 saturated carbocycles. The molecule has 0 rings (SSSR count). The molecule has 386 valence electrons. The first-order valence-electron chi connectivity index (χ1n) is 28.4. The number of ether oxygens (including phenoxy) is 3. The standard InChI is InChI=1S/C61H106O6/c1-4-7-10-13-16-19-22-25-28-29-30-31-34-37-40-43-46-49-52-55-61(64)67-58(56-65-59(62)53-50-47-44-41-38-35-32-26-23-20-17-14-11-8-5-2)57-66-60(63)54-51-48-45-42-39-36-33-27-24-21-18-15-12-9-6-3/h8,11,17-18,20-21,26-27,32-33,38,41,58H,4-7,9-10,12-16,19,22-25,28-31,34-37,39-40,42-57H2,1-3H3/b11-8-,20-17-,21-18-,32-26-,33-27-,41-38-/t58-/m1/s1. The van der Waals surface area contributed by atoms with Crippen LogP contribution in [0.1, 0.15) is 278 Å². The van der Waals surface area contributed by atoms with E-state index in [4.69, 9.17) is 14.2 Å². The highest BCUT2D eigenvalue weighted by Crippen LogP contribution is 2.16. The van der Waals surface area contributed by atoms with Crippen LogP contribution in [0.5, 0.6) is 0 Å². The molecule has 0 saturated heterocycles. The van der Waals surface area contributed by atoms with Crippen LogP contribution in [0.3, 0.4) is 0 Å². The lowest BCUT2D eigenvalue weighted by Crippen LogP contribution is -2.30. The zero-order valence-electron chi connectivity index (χ0n) is 44.2. The summed E-state index contributed by atoms with van der Waals surface area (Å²) < 4.78 is 16.8. The monoisotopic (exact) mass is 935 g/mol. The molecule has 0 aliphatic carbocycles. The summed E-state index contributed by atoms with van der Waals surface area (Å²) in [7, 11) is 0. The first kappa shape index (κ1) is 63.8. The van der Waals surface area contributed by atoms with Crippen LogP contribution in [0.4, 0.5) is 0 Å². The van der Waals surface area contributed by atoms with E-state index in [1.54, 1.807) is 0 Å². The Morgan fingerprint density at radius 3 is 0.970 bits per heavy atom. The highest BCUT2D eigenvalue weighted by Gasteiger charge is 2.19. The van der Waals surface area contributed by atoms with E-state index in [9.17, 15) is 14.4 Å². The van der Waals surface area contributed by atoms with E-state index in [2.05, 4.69) is 93.7 Å². The van der Waals surface area contributed by atoms with Crippen LogP contribution >= 0.6 is 0 Å². The van der Waals surface area contributed by atoms with Crippen molar-refractivity contribution in [3.63, 3.8) is 0 Å². The van der Waals surface area contributed by atoms with Crippen LogP contribution in [-0.4, -0.2) is 37.2 Å². The van der Waals surface area contributed by atoms with Crippen LogP contribution in [0.25, 0.3) is 0 Å². The molecule has 0 unspecified atom stereocenters. The zero-order chi connectivity index (χ0) is 48.6. The van der Waals surface area contributed by atoms with Gasteiger partial charge in [0.15, 0.2) is 6.10 Å². The Balaban J connectivity index is 4.42. The first-order valence-corrected chi connectivity index (χ1v) is 28.4. The molecule has 0 fully saturated rings. The summed E-state index contributed by atoms with van der Waals surface area (Å²) in [4.78, 5) is 38.1. The van der Waals surface area contributed by atoms with Crippen molar-refractivity contribution in [2.24, 2.45) is 0 Å². The first-order chi connectivity index (χ1) is 33.0. The van der Waals surface area contributed by atoms with Crippen LogP contribution in [0.2, 0.25) is 0 Å². The smallest absolute Gasteiger partial charge is 0.306 e. The molecular formula is C61H106O6. The molecule has 0 N–H and O–H groups in total. The molecule has 0 aromatic rings. The Hall–Kier alpha value is -3.15. The third-order valence-corrected chi connectivity index (χ3v) is 12.2. The second-order valence-corrected chi connectivity index (χ2v) is 18.8. The molecule has 0 aliphatic heterocycles. The average Bonchev–Trinajstić information content (AvgIpc) is 3.33. The molecule has 6 heteroatoms. The molecule has 0 heterocycles. The predicted octanol–water partition coefficient (Wildman–Crippen LogP) is 19.0. The molecule has 0 aromatic heterocycles. The molecule has 6 nitrogen and oxygen atoms in total. The van der Waals surface area contributed by atoms with Crippen molar-refractivity contribution in [3.05, 3.63) is 72.9 Å². The Labute approximate surface area is 414 Å². The lowest BCUT2D eigenvalue weighted by atomic mass is 10.0. The summed E-state index contributed by atoms with van der Waals surface area (Å²) in [6.07, 6.45) is 70.4. The van der Waals surface area contributed by atoms with Crippen molar-refractivity contribution >= 4 is 17.9 Å². The molecule has 1 atom stereocenters. The minimum Gasteiger partial charge on any atom is -0.462 e. The summed E-state index contributed by atoms with van der Waals surface area (Å²) in [6, 6.07) is 0. The van der Waals surface area contributed by atoms with Gasteiger partial charge in [-0.05, 0) is 89.9 Å². The van der Waals surface area contributed by atoms with Crippen LogP contribution in [0, 0.1) is 0 Å². The fraction of sp³-hybridized carbons (Fsp3) is 0.754. The fourth-order valence-corrected chi connectivity index (χ4v) is 7.93. The van der Waals surface area contributed by atoms with Crippen molar-refractivity contribution in [2.75, 3.05) is 13.2 Å². The van der Waals surface area contributed by atoms with Gasteiger partial charge in [0.05, 0.1) is 0 Å². The normalized spacial score (nSPS) is 12.6. The van der Waals surface area contributed by atoms with Crippen molar-refractivity contribution in [3.8, 4) is 0 Å². The maximum Gasteiger partial charge on any atom is 0.306 e. The van der Waals surface area contributed by atoms with E-state index in [-0.39, 0.29) is 31.1 Å². The van der Waals surface area contributed by atoms with E-state index in [0.29, 0.717) is 19.3 Å². The van der Waals surface area contributed by atoms with Crippen molar-refractivity contribution in [2.45, 2.75) is 284 Å². The van der Waals surface area contributed by atoms with Gasteiger partial charge >= 0.3 is 17.9 Å². The van der Waals surface area contributed by atoms with Crippen molar-refractivity contribution in [1.29, 1.82) is 0 Å². The van der Waals surface area contributed by atoms with Gasteiger partial charge in [-0.15, -0.1) is 0 Å². The second-order valence-electron chi connectivity index (χ2n) is 18.8. The fourth-order valence-electron chi connectivity index (χ4n) is 7.93. The number of hydrogen-bond acceptors (Lipinski definition) is 6. The van der Waals surface area contributed by atoms with Gasteiger partial charge in [-0.1, -0.05) is 241 Å². The molecule has 0 radical (unpaired) electrons. The second kappa shape index (κ2) is 55.4. The number of rotatable bonds is 51. The summed E-state index contributed by atoms with van der Waals surface area (Å²) in [5.74, 6) is -0.940. The molecule has 0 bridgehead atoms. The summed E-state index contributed by atoms with van der Waals surface area (Å²) in [6.45, 7) is 6.47. The van der Waals surface area contributed by atoms with Gasteiger partial charge in [0, 0.05) is 19.3 Å². The molecular weight excluding hydrogens is 829 g/mol. The largest absolute Gasteiger partial charge is 0.462 e. The minimum absolute atomic E-state index is 0.0941. The highest BCUT2D eigenvalue weighted by molar-refractivity contribution is 5.71. The summed E-state index contributed by atoms with van der Waals surface area (Å²) in [5.41, 5.74) is 0. The topological polar surface area (TPSA) is 78.9 Å². The number of carbonyl (C=O) groups excluding carboxylic acids is 3. The molecule has 0 spiro atoms. The van der Waals surface area contributed by atoms with Gasteiger partial charge in [-0.25, -0.2) is 0 Å². The maximum atomic E-state index is 12.9. The van der Waals surface area contributed by atoms with Crippen LogP contribution in [0.15, 0.2) is 72.9 Å². The number of hydrogen-bond donors (Lipinski definition) is 0.